The molecule has 0 saturated heterocycles. The van der Waals surface area contributed by atoms with Gasteiger partial charge in [-0.15, -0.1) is 10.2 Å². The number of hydrogen-bond donors (Lipinski definition) is 0. The van der Waals surface area contributed by atoms with Gasteiger partial charge in [0.25, 0.3) is 0 Å². The first kappa shape index (κ1) is 13.7. The molecular weight excluding hydrogens is 346 g/mol. The third kappa shape index (κ3) is 1.93. The van der Waals surface area contributed by atoms with E-state index in [0.717, 1.165) is 33.2 Å². The zero-order chi connectivity index (χ0) is 15.3. The summed E-state index contributed by atoms with van der Waals surface area (Å²) in [4.78, 5) is 4.39. The van der Waals surface area contributed by atoms with Crippen molar-refractivity contribution >= 4 is 15.9 Å². The average molecular weight is 360 g/mol. The molecule has 0 unspecified atom stereocenters. The van der Waals surface area contributed by atoms with E-state index in [2.05, 4.69) is 65.4 Å². The Labute approximate surface area is 135 Å². The molecule has 0 amide bonds. The molecule has 1 aliphatic rings. The first-order valence-corrected chi connectivity index (χ1v) is 7.72. The summed E-state index contributed by atoms with van der Waals surface area (Å²) in [6.45, 7) is 3.15. The average Bonchev–Trinajstić information content (AvgIpc) is 3.02. The first-order chi connectivity index (χ1) is 10.7. The summed E-state index contributed by atoms with van der Waals surface area (Å²) in [5, 5.41) is 8.68. The Morgan fingerprint density at radius 2 is 2.18 bits per heavy atom. The summed E-state index contributed by atoms with van der Waals surface area (Å²) in [5.41, 5.74) is 4.37. The first-order valence-electron chi connectivity index (χ1n) is 6.93. The Balaban J connectivity index is 2.04. The van der Waals surface area contributed by atoms with Gasteiger partial charge in [0, 0.05) is 12.7 Å². The van der Waals surface area contributed by atoms with Crippen LogP contribution in [0, 0.1) is 6.92 Å². The molecule has 6 nitrogen and oxygen atoms in total. The predicted octanol–water partition coefficient (Wildman–Crippen LogP) is 2.71. The SMILES string of the molecule is COCc1nnc2n1Cc1c(Br)ncn1-c1ccc(C)cc1-2. The van der Waals surface area contributed by atoms with E-state index < -0.39 is 0 Å². The molecule has 3 aromatic rings. The van der Waals surface area contributed by atoms with Crippen molar-refractivity contribution < 1.29 is 4.74 Å². The van der Waals surface area contributed by atoms with Gasteiger partial charge in [-0.25, -0.2) is 4.98 Å². The number of imidazole rings is 1. The van der Waals surface area contributed by atoms with E-state index >= 15 is 0 Å². The van der Waals surface area contributed by atoms with Crippen molar-refractivity contribution in [3.8, 4) is 17.1 Å². The van der Waals surface area contributed by atoms with Gasteiger partial charge in [-0.05, 0) is 35.0 Å². The van der Waals surface area contributed by atoms with Crippen molar-refractivity contribution in [2.45, 2.75) is 20.1 Å². The van der Waals surface area contributed by atoms with Crippen molar-refractivity contribution in [1.29, 1.82) is 0 Å². The monoisotopic (exact) mass is 359 g/mol. The van der Waals surface area contributed by atoms with Gasteiger partial charge in [0.15, 0.2) is 11.6 Å². The summed E-state index contributed by atoms with van der Waals surface area (Å²) in [6.07, 6.45) is 1.84. The zero-order valence-electron chi connectivity index (χ0n) is 12.2. The molecule has 1 aliphatic heterocycles. The molecule has 0 N–H and O–H groups in total. The topological polar surface area (TPSA) is 57.8 Å². The standard InChI is InChI=1S/C15H14BrN5O/c1-9-3-4-11-10(5-9)15-19-18-13(7-22-2)20(15)6-12-14(16)17-8-21(11)12/h3-5,8H,6-7H2,1-2H3. The van der Waals surface area contributed by atoms with Crippen LogP contribution in [0.1, 0.15) is 17.1 Å². The Morgan fingerprint density at radius 1 is 1.32 bits per heavy atom. The summed E-state index contributed by atoms with van der Waals surface area (Å²) in [7, 11) is 1.66. The van der Waals surface area contributed by atoms with Gasteiger partial charge in [-0.1, -0.05) is 11.6 Å². The van der Waals surface area contributed by atoms with Crippen LogP contribution < -0.4 is 0 Å². The number of halogens is 1. The minimum Gasteiger partial charge on any atom is -0.377 e. The van der Waals surface area contributed by atoms with Crippen molar-refractivity contribution in [1.82, 2.24) is 24.3 Å². The lowest BCUT2D eigenvalue weighted by atomic mass is 10.1. The van der Waals surface area contributed by atoms with Gasteiger partial charge in [0.05, 0.1) is 17.9 Å². The minimum atomic E-state index is 0.430. The van der Waals surface area contributed by atoms with Gasteiger partial charge in [0.1, 0.15) is 17.5 Å². The molecule has 7 heteroatoms. The number of ether oxygens (including phenoxy) is 1. The van der Waals surface area contributed by atoms with Crippen molar-refractivity contribution in [3.63, 3.8) is 0 Å². The Hall–Kier alpha value is -1.99. The molecule has 112 valence electrons. The number of aromatic nitrogens is 5. The maximum absolute atomic E-state index is 5.25. The second-order valence-electron chi connectivity index (χ2n) is 5.33. The lowest BCUT2D eigenvalue weighted by Crippen LogP contribution is -2.08. The fourth-order valence-electron chi connectivity index (χ4n) is 2.83. The van der Waals surface area contributed by atoms with Crippen molar-refractivity contribution in [2.75, 3.05) is 7.11 Å². The number of benzene rings is 1. The van der Waals surface area contributed by atoms with E-state index in [4.69, 9.17) is 4.74 Å². The molecule has 3 heterocycles. The molecule has 0 radical (unpaired) electrons. The van der Waals surface area contributed by atoms with Crippen LogP contribution in [-0.4, -0.2) is 31.4 Å². The van der Waals surface area contributed by atoms with E-state index in [1.807, 2.05) is 6.33 Å². The number of aryl methyl sites for hydroxylation is 1. The van der Waals surface area contributed by atoms with Crippen LogP contribution in [0.25, 0.3) is 17.1 Å². The molecule has 4 rings (SSSR count). The highest BCUT2D eigenvalue weighted by atomic mass is 79.9. The van der Waals surface area contributed by atoms with E-state index in [1.165, 1.54) is 5.56 Å². The van der Waals surface area contributed by atoms with E-state index in [1.54, 1.807) is 7.11 Å². The molecule has 0 aliphatic carbocycles. The predicted molar refractivity (Wildman–Crippen MR) is 84.8 cm³/mol. The molecule has 0 spiro atoms. The van der Waals surface area contributed by atoms with Crippen LogP contribution >= 0.6 is 15.9 Å². The van der Waals surface area contributed by atoms with Gasteiger partial charge in [-0.3, -0.25) is 4.57 Å². The highest BCUT2D eigenvalue weighted by molar-refractivity contribution is 9.10. The number of nitrogens with zero attached hydrogens (tertiary/aromatic N) is 5. The summed E-state index contributed by atoms with van der Waals surface area (Å²) in [5.74, 6) is 1.67. The highest BCUT2D eigenvalue weighted by Gasteiger charge is 2.25. The molecule has 0 saturated carbocycles. The smallest absolute Gasteiger partial charge is 0.166 e. The van der Waals surface area contributed by atoms with Crippen LogP contribution in [0.15, 0.2) is 29.1 Å². The van der Waals surface area contributed by atoms with E-state index in [9.17, 15) is 0 Å². The van der Waals surface area contributed by atoms with Crippen LogP contribution in [-0.2, 0) is 17.9 Å². The van der Waals surface area contributed by atoms with Crippen LogP contribution in [0.4, 0.5) is 0 Å². The number of methoxy groups -OCH3 is 1. The number of rotatable bonds is 2. The molecule has 1 aromatic carbocycles. The van der Waals surface area contributed by atoms with Crippen LogP contribution in [0.2, 0.25) is 0 Å². The molecular formula is C15H14BrN5O. The van der Waals surface area contributed by atoms with Crippen LogP contribution in [0.3, 0.4) is 0 Å². The second-order valence-corrected chi connectivity index (χ2v) is 6.08. The fourth-order valence-corrected chi connectivity index (χ4v) is 3.23. The minimum absolute atomic E-state index is 0.430. The molecule has 22 heavy (non-hydrogen) atoms. The molecule has 0 atom stereocenters. The number of hydrogen-bond acceptors (Lipinski definition) is 4. The van der Waals surface area contributed by atoms with Gasteiger partial charge in [-0.2, -0.15) is 0 Å². The maximum atomic E-state index is 5.25. The highest BCUT2D eigenvalue weighted by Crippen LogP contribution is 2.34. The lowest BCUT2D eigenvalue weighted by molar-refractivity contribution is 0.174. The summed E-state index contributed by atoms with van der Waals surface area (Å²) < 4.78 is 10.3. The Kier molecular flexibility index (Phi) is 3.12. The van der Waals surface area contributed by atoms with Crippen molar-refractivity contribution in [2.24, 2.45) is 0 Å². The Morgan fingerprint density at radius 3 is 3.00 bits per heavy atom. The van der Waals surface area contributed by atoms with E-state index in [-0.39, 0.29) is 0 Å². The summed E-state index contributed by atoms with van der Waals surface area (Å²) in [6, 6.07) is 6.33. The fraction of sp³-hybridized carbons (Fsp3) is 0.267. The lowest BCUT2D eigenvalue weighted by Gasteiger charge is -2.08. The van der Waals surface area contributed by atoms with Crippen molar-refractivity contribution in [3.05, 3.63) is 46.2 Å². The Bertz CT molecular complexity index is 867. The van der Waals surface area contributed by atoms with Gasteiger partial charge in [0.2, 0.25) is 0 Å². The third-order valence-electron chi connectivity index (χ3n) is 3.88. The second kappa shape index (κ2) is 5.03. The van der Waals surface area contributed by atoms with Gasteiger partial charge >= 0.3 is 0 Å². The number of fused-ring (bicyclic) bond motifs is 5. The summed E-state index contributed by atoms with van der Waals surface area (Å²) >= 11 is 3.54. The molecule has 2 aromatic heterocycles. The van der Waals surface area contributed by atoms with Crippen LogP contribution in [0.5, 0.6) is 0 Å². The molecule has 0 fully saturated rings. The normalized spacial score (nSPS) is 12.5. The van der Waals surface area contributed by atoms with E-state index in [0.29, 0.717) is 13.2 Å². The quantitative estimate of drug-likeness (QED) is 0.552. The zero-order valence-corrected chi connectivity index (χ0v) is 13.8. The largest absolute Gasteiger partial charge is 0.377 e. The maximum Gasteiger partial charge on any atom is 0.166 e. The third-order valence-corrected chi connectivity index (χ3v) is 4.54. The molecule has 0 bridgehead atoms. The van der Waals surface area contributed by atoms with Gasteiger partial charge < -0.3 is 9.30 Å².